The maximum Gasteiger partial charge on any atom is 0.362 e. The molecule has 258 valence electrons. The number of hydrogen-bond donors (Lipinski definition) is 3. The average Bonchev–Trinajstić information content (AvgIpc) is 2.98. The molecule has 3 unspecified atom stereocenters. The molecule has 0 rings (SSSR count). The Labute approximate surface area is 270 Å². The normalized spacial score (nSPS) is 15.2. The van der Waals surface area contributed by atoms with Crippen molar-refractivity contribution < 1.29 is 34.2 Å². The van der Waals surface area contributed by atoms with E-state index >= 15 is 0 Å². The Morgan fingerprint density at radius 3 is 1.02 bits per heavy atom. The van der Waals surface area contributed by atoms with Gasteiger partial charge >= 0.3 is 17.9 Å². The second kappa shape index (κ2) is 27.4. The summed E-state index contributed by atoms with van der Waals surface area (Å²) in [4.78, 5) is 37.8. The van der Waals surface area contributed by atoms with E-state index in [2.05, 4.69) is 19.1 Å². The first-order valence-corrected chi connectivity index (χ1v) is 18.4. The first-order chi connectivity index (χ1) is 21.2. The molecule has 0 bridgehead atoms. The molecule has 0 spiro atoms. The third-order valence-corrected chi connectivity index (χ3v) is 9.43. The van der Waals surface area contributed by atoms with Crippen molar-refractivity contribution in [2.45, 2.75) is 200 Å². The minimum Gasteiger partial charge on any atom is -0.477 e. The lowest BCUT2D eigenvalue weighted by atomic mass is 9.91. The van der Waals surface area contributed by atoms with Crippen molar-refractivity contribution >= 4 is 17.9 Å². The monoisotopic (exact) mass is 625 g/mol. The van der Waals surface area contributed by atoms with Crippen LogP contribution in [0, 0.1) is 0 Å². The van der Waals surface area contributed by atoms with Crippen LogP contribution >= 0.6 is 0 Å². The molecule has 0 saturated heterocycles. The van der Waals surface area contributed by atoms with E-state index < -0.39 is 36.0 Å². The van der Waals surface area contributed by atoms with Gasteiger partial charge in [-0.3, -0.25) is 4.48 Å². The summed E-state index contributed by atoms with van der Waals surface area (Å²) in [6, 6.07) is -3.13. The quantitative estimate of drug-likeness (QED) is 0.0390. The van der Waals surface area contributed by atoms with Gasteiger partial charge in [0.1, 0.15) is 0 Å². The Hall–Kier alpha value is -1.89. The van der Waals surface area contributed by atoms with E-state index in [4.69, 9.17) is 0 Å². The Bertz CT molecular complexity index is 707. The van der Waals surface area contributed by atoms with Crippen LogP contribution in [-0.2, 0) is 14.4 Å². The summed E-state index contributed by atoms with van der Waals surface area (Å²) < 4.78 is -0.369. The molecule has 7 heteroatoms. The van der Waals surface area contributed by atoms with Gasteiger partial charge in [-0.1, -0.05) is 123 Å². The Morgan fingerprint density at radius 2 is 0.773 bits per heavy atom. The van der Waals surface area contributed by atoms with Gasteiger partial charge in [-0.15, -0.1) is 0 Å². The van der Waals surface area contributed by atoms with Crippen molar-refractivity contribution in [1.29, 1.82) is 0 Å². The van der Waals surface area contributed by atoms with Gasteiger partial charge in [0.2, 0.25) is 0 Å². The first kappa shape index (κ1) is 42.1. The van der Waals surface area contributed by atoms with Gasteiger partial charge in [0.25, 0.3) is 0 Å². The van der Waals surface area contributed by atoms with Crippen LogP contribution in [0.15, 0.2) is 12.2 Å². The highest BCUT2D eigenvalue weighted by Gasteiger charge is 2.56. The molecule has 0 amide bonds. The summed E-state index contributed by atoms with van der Waals surface area (Å²) in [5.41, 5.74) is 0. The summed E-state index contributed by atoms with van der Waals surface area (Å²) in [5.74, 6) is -3.24. The van der Waals surface area contributed by atoms with E-state index in [1.807, 2.05) is 20.8 Å². The molecular weight excluding hydrogens is 554 g/mol. The second-order valence-electron chi connectivity index (χ2n) is 13.0. The third kappa shape index (κ3) is 17.0. The van der Waals surface area contributed by atoms with Crippen LogP contribution in [0.2, 0.25) is 0 Å². The number of carbonyl (C=O) groups is 3. The average molecular weight is 625 g/mol. The van der Waals surface area contributed by atoms with Crippen molar-refractivity contribution in [3.05, 3.63) is 12.2 Å². The number of unbranched alkanes of at least 4 members (excludes halogenated alkanes) is 17. The molecule has 0 aromatic rings. The smallest absolute Gasteiger partial charge is 0.362 e. The summed E-state index contributed by atoms with van der Waals surface area (Å²) >= 11 is 0. The molecule has 0 saturated carbocycles. The topological polar surface area (TPSA) is 112 Å². The molecule has 0 radical (unpaired) electrons. The predicted molar refractivity (Wildman–Crippen MR) is 182 cm³/mol. The fourth-order valence-electron chi connectivity index (χ4n) is 7.11. The lowest BCUT2D eigenvalue weighted by Crippen LogP contribution is -2.72. The molecule has 3 N–H and O–H groups in total. The van der Waals surface area contributed by atoms with Gasteiger partial charge in [0, 0.05) is 19.3 Å². The fourth-order valence-corrected chi connectivity index (χ4v) is 7.11. The highest BCUT2D eigenvalue weighted by Crippen LogP contribution is 2.34. The van der Waals surface area contributed by atoms with E-state index in [1.165, 1.54) is 89.9 Å². The van der Waals surface area contributed by atoms with Crippen LogP contribution in [0.1, 0.15) is 182 Å². The first-order valence-electron chi connectivity index (χ1n) is 18.4. The molecule has 0 aliphatic rings. The number of rotatable bonds is 32. The van der Waals surface area contributed by atoms with Crippen LogP contribution < -0.4 is 0 Å². The van der Waals surface area contributed by atoms with Crippen molar-refractivity contribution in [2.75, 3.05) is 6.54 Å². The molecule has 0 aromatic carbocycles. The molecular formula is C37H70NO6+. The van der Waals surface area contributed by atoms with Gasteiger partial charge in [-0.2, -0.15) is 0 Å². The lowest BCUT2D eigenvalue weighted by molar-refractivity contribution is -0.973. The maximum atomic E-state index is 12.6. The van der Waals surface area contributed by atoms with E-state index in [0.29, 0.717) is 25.7 Å². The van der Waals surface area contributed by atoms with Crippen LogP contribution in [0.5, 0.6) is 0 Å². The maximum absolute atomic E-state index is 12.6. The van der Waals surface area contributed by atoms with Crippen molar-refractivity contribution in [1.82, 2.24) is 0 Å². The summed E-state index contributed by atoms with van der Waals surface area (Å²) in [6.07, 6.45) is 29.0. The molecule has 44 heavy (non-hydrogen) atoms. The van der Waals surface area contributed by atoms with Crippen molar-refractivity contribution in [2.24, 2.45) is 0 Å². The highest BCUT2D eigenvalue weighted by molar-refractivity contribution is 5.78. The van der Waals surface area contributed by atoms with E-state index in [0.717, 1.165) is 19.3 Å². The Kier molecular flexibility index (Phi) is 26.2. The molecule has 0 fully saturated rings. The second-order valence-corrected chi connectivity index (χ2v) is 13.0. The zero-order chi connectivity index (χ0) is 33.1. The van der Waals surface area contributed by atoms with Gasteiger partial charge < -0.3 is 15.3 Å². The summed E-state index contributed by atoms with van der Waals surface area (Å²) in [6.45, 7) is 8.01. The molecule has 0 aliphatic heterocycles. The number of aliphatic carboxylic acids is 3. The zero-order valence-electron chi connectivity index (χ0n) is 29.1. The van der Waals surface area contributed by atoms with Crippen molar-refractivity contribution in [3.63, 3.8) is 0 Å². The lowest BCUT2D eigenvalue weighted by Gasteiger charge is -2.50. The van der Waals surface area contributed by atoms with Crippen LogP contribution in [0.4, 0.5) is 0 Å². The van der Waals surface area contributed by atoms with E-state index in [1.54, 1.807) is 0 Å². The van der Waals surface area contributed by atoms with E-state index in [9.17, 15) is 29.7 Å². The van der Waals surface area contributed by atoms with Gasteiger partial charge in [-0.25, -0.2) is 14.4 Å². The zero-order valence-corrected chi connectivity index (χ0v) is 29.1. The van der Waals surface area contributed by atoms with Crippen LogP contribution in [0.3, 0.4) is 0 Å². The Morgan fingerprint density at radius 1 is 0.500 bits per heavy atom. The fraction of sp³-hybridized carbons (Fsp3) is 0.865. The number of carboxylic acid groups (broad SMARTS) is 3. The predicted octanol–water partition coefficient (Wildman–Crippen LogP) is 10.2. The summed E-state index contributed by atoms with van der Waals surface area (Å²) in [5, 5.41) is 30.9. The molecule has 3 atom stereocenters. The number of allylic oxidation sites excluding steroid dienone is 2. The molecule has 0 aromatic heterocycles. The highest BCUT2D eigenvalue weighted by atomic mass is 16.4. The summed E-state index contributed by atoms with van der Waals surface area (Å²) in [7, 11) is 0. The SMILES string of the molecule is C/C=C/CCCCCCCCCCCCCCCCCCC[N+](C(CCC)C(=O)O)(C(CCC)C(=O)O)C(CCC)C(=O)O. The molecule has 0 aliphatic carbocycles. The number of hydrogen-bond acceptors (Lipinski definition) is 3. The van der Waals surface area contributed by atoms with Gasteiger partial charge in [0.05, 0.1) is 6.54 Å². The standard InChI is InChI=1S/C37H69NO6/c1-5-9-10-11-12-13-14-15-16-17-18-19-20-21-22-23-24-25-26-27-31-38(32(28-6-2)35(39)40,33(29-7-3)36(41)42)34(30-8-4)37(43)44/h5,9,32-34H,6-8,10-31H2,1-4H3,(H2-,39,40,41,42,43,44)/p+1/b9-5+. The van der Waals surface area contributed by atoms with Crippen LogP contribution in [-0.4, -0.2) is 62.4 Å². The molecule has 0 heterocycles. The van der Waals surface area contributed by atoms with E-state index in [-0.39, 0.29) is 30.3 Å². The number of quaternary nitrogens is 1. The third-order valence-electron chi connectivity index (χ3n) is 9.43. The minimum atomic E-state index is -1.08. The number of carboxylic acids is 3. The van der Waals surface area contributed by atoms with Gasteiger partial charge in [0.15, 0.2) is 18.1 Å². The van der Waals surface area contributed by atoms with Crippen molar-refractivity contribution in [3.8, 4) is 0 Å². The largest absolute Gasteiger partial charge is 0.477 e. The number of nitrogens with zero attached hydrogens (tertiary/aromatic N) is 1. The molecule has 7 nitrogen and oxygen atoms in total. The van der Waals surface area contributed by atoms with Gasteiger partial charge in [-0.05, 0) is 51.9 Å². The Balaban J connectivity index is 4.69. The minimum absolute atomic E-state index is 0.272. The van der Waals surface area contributed by atoms with Crippen LogP contribution in [0.25, 0.3) is 0 Å².